The normalized spacial score (nSPS) is 12.5. The van der Waals surface area contributed by atoms with Crippen LogP contribution in [0.2, 0.25) is 0 Å². The van der Waals surface area contributed by atoms with Crippen LogP contribution in [-0.2, 0) is 24.2 Å². The molecule has 0 radical (unpaired) electrons. The van der Waals surface area contributed by atoms with Gasteiger partial charge in [-0.25, -0.2) is 0 Å². The molecular formula is C20H24N4O2. The fourth-order valence-corrected chi connectivity index (χ4v) is 3.36. The molecule has 0 saturated heterocycles. The minimum absolute atomic E-state index is 0.0111. The van der Waals surface area contributed by atoms with Gasteiger partial charge in [-0.05, 0) is 61.8 Å². The molecule has 26 heavy (non-hydrogen) atoms. The lowest BCUT2D eigenvalue weighted by molar-refractivity contribution is -0.118. The topological polar surface area (TPSA) is 79.9 Å². The number of fused-ring (bicyclic) bond motifs is 1. The van der Waals surface area contributed by atoms with Gasteiger partial charge in [-0.3, -0.25) is 9.48 Å². The van der Waals surface area contributed by atoms with Crippen LogP contribution in [-0.4, -0.2) is 22.3 Å². The summed E-state index contributed by atoms with van der Waals surface area (Å²) in [6, 6.07) is 6.16. The number of hydrogen-bond donors (Lipinski definition) is 1. The van der Waals surface area contributed by atoms with Crippen LogP contribution >= 0.6 is 0 Å². The maximum Gasteiger partial charge on any atom is 0.262 e. The van der Waals surface area contributed by atoms with Crippen molar-refractivity contribution in [1.29, 1.82) is 5.26 Å². The summed E-state index contributed by atoms with van der Waals surface area (Å²) in [4.78, 5) is 12.2. The Labute approximate surface area is 153 Å². The fraction of sp³-hybridized carbons (Fsp3) is 0.450. The molecule has 136 valence electrons. The van der Waals surface area contributed by atoms with Crippen molar-refractivity contribution in [3.8, 4) is 11.8 Å². The molecule has 1 heterocycles. The summed E-state index contributed by atoms with van der Waals surface area (Å²) < 4.78 is 7.55. The van der Waals surface area contributed by atoms with Crippen molar-refractivity contribution in [2.24, 2.45) is 0 Å². The first-order chi connectivity index (χ1) is 12.7. The van der Waals surface area contributed by atoms with Gasteiger partial charge >= 0.3 is 0 Å². The van der Waals surface area contributed by atoms with E-state index < -0.39 is 0 Å². The van der Waals surface area contributed by atoms with E-state index in [1.54, 1.807) is 17.1 Å². The minimum Gasteiger partial charge on any atom is -0.483 e. The third-order valence-electron chi connectivity index (χ3n) is 4.68. The van der Waals surface area contributed by atoms with Crippen LogP contribution in [0.3, 0.4) is 0 Å². The van der Waals surface area contributed by atoms with Crippen LogP contribution in [0.15, 0.2) is 24.5 Å². The molecule has 0 spiro atoms. The van der Waals surface area contributed by atoms with Gasteiger partial charge in [0.15, 0.2) is 6.61 Å². The Kier molecular flexibility index (Phi) is 5.90. The Morgan fingerprint density at radius 1 is 1.35 bits per heavy atom. The quantitative estimate of drug-likeness (QED) is 0.739. The van der Waals surface area contributed by atoms with Gasteiger partial charge < -0.3 is 10.1 Å². The number of ether oxygens (including phenoxy) is 1. The maximum atomic E-state index is 12.2. The predicted octanol–water partition coefficient (Wildman–Crippen LogP) is 3.39. The van der Waals surface area contributed by atoms with E-state index in [1.165, 1.54) is 16.7 Å². The molecule has 0 fully saturated rings. The number of aryl methyl sites for hydroxylation is 2. The zero-order chi connectivity index (χ0) is 18.4. The predicted molar refractivity (Wildman–Crippen MR) is 99.0 cm³/mol. The number of amides is 1. The lowest BCUT2D eigenvalue weighted by atomic mass is 10.0. The van der Waals surface area contributed by atoms with E-state index in [1.807, 2.05) is 6.07 Å². The van der Waals surface area contributed by atoms with Crippen molar-refractivity contribution in [1.82, 2.24) is 9.78 Å². The number of rotatable bonds is 8. The zero-order valence-corrected chi connectivity index (χ0v) is 15.1. The average molecular weight is 352 g/mol. The van der Waals surface area contributed by atoms with Crippen molar-refractivity contribution < 1.29 is 9.53 Å². The van der Waals surface area contributed by atoms with E-state index in [-0.39, 0.29) is 12.5 Å². The molecule has 0 saturated carbocycles. The van der Waals surface area contributed by atoms with Crippen LogP contribution in [0.25, 0.3) is 0 Å². The van der Waals surface area contributed by atoms with Gasteiger partial charge in [0.05, 0.1) is 18.0 Å². The van der Waals surface area contributed by atoms with Gasteiger partial charge in [0.1, 0.15) is 5.75 Å². The molecule has 1 aliphatic carbocycles. The second-order valence-corrected chi connectivity index (χ2v) is 6.64. The van der Waals surface area contributed by atoms with Gasteiger partial charge in [0, 0.05) is 19.2 Å². The minimum atomic E-state index is -0.193. The summed E-state index contributed by atoms with van der Waals surface area (Å²) in [6.07, 6.45) is 9.00. The van der Waals surface area contributed by atoms with E-state index in [2.05, 4.69) is 29.5 Å². The molecule has 1 aliphatic rings. The SMILES string of the molecule is Cc1ccc(OCC(=O)Nc2cnn(CCCCC#N)c2)c2c1CCC2. The summed E-state index contributed by atoms with van der Waals surface area (Å²) in [7, 11) is 0. The Hall–Kier alpha value is -2.81. The van der Waals surface area contributed by atoms with Gasteiger partial charge in [-0.2, -0.15) is 10.4 Å². The zero-order valence-electron chi connectivity index (χ0n) is 15.1. The number of carbonyl (C=O) groups is 1. The Balaban J connectivity index is 1.49. The molecule has 0 atom stereocenters. The molecule has 0 bridgehead atoms. The number of nitriles is 1. The molecule has 0 unspecified atom stereocenters. The van der Waals surface area contributed by atoms with Crippen molar-refractivity contribution in [3.63, 3.8) is 0 Å². The third kappa shape index (κ3) is 4.42. The number of carbonyl (C=O) groups excluding carboxylic acids is 1. The van der Waals surface area contributed by atoms with E-state index >= 15 is 0 Å². The number of nitrogens with zero attached hydrogens (tertiary/aromatic N) is 3. The summed E-state index contributed by atoms with van der Waals surface area (Å²) in [5.41, 5.74) is 4.59. The Bertz CT molecular complexity index is 820. The smallest absolute Gasteiger partial charge is 0.262 e. The van der Waals surface area contributed by atoms with Crippen LogP contribution in [0.4, 0.5) is 5.69 Å². The Morgan fingerprint density at radius 2 is 2.19 bits per heavy atom. The average Bonchev–Trinajstić information content (AvgIpc) is 3.28. The summed E-state index contributed by atoms with van der Waals surface area (Å²) in [6.45, 7) is 2.85. The molecule has 1 amide bonds. The van der Waals surface area contributed by atoms with Crippen molar-refractivity contribution in [3.05, 3.63) is 41.2 Å². The summed E-state index contributed by atoms with van der Waals surface area (Å²) in [5.74, 6) is 0.632. The highest BCUT2D eigenvalue weighted by Crippen LogP contribution is 2.32. The highest BCUT2D eigenvalue weighted by atomic mass is 16.5. The summed E-state index contributed by atoms with van der Waals surface area (Å²) in [5, 5.41) is 15.6. The van der Waals surface area contributed by atoms with Crippen molar-refractivity contribution in [2.45, 2.75) is 52.0 Å². The van der Waals surface area contributed by atoms with Gasteiger partial charge in [-0.1, -0.05) is 6.07 Å². The van der Waals surface area contributed by atoms with Crippen molar-refractivity contribution in [2.75, 3.05) is 11.9 Å². The van der Waals surface area contributed by atoms with Gasteiger partial charge in [0.25, 0.3) is 5.91 Å². The van der Waals surface area contributed by atoms with Gasteiger partial charge in [0.2, 0.25) is 0 Å². The Morgan fingerprint density at radius 3 is 3.04 bits per heavy atom. The summed E-state index contributed by atoms with van der Waals surface area (Å²) >= 11 is 0. The molecular weight excluding hydrogens is 328 g/mol. The maximum absolute atomic E-state index is 12.2. The standard InChI is InChI=1S/C20H24N4O2/c1-15-8-9-19(18-7-5-6-17(15)18)26-14-20(25)23-16-12-22-24(13-16)11-4-2-3-10-21/h8-9,12-13H,2-7,11,14H2,1H3,(H,23,25). The molecule has 2 aromatic rings. The van der Waals surface area contributed by atoms with E-state index in [9.17, 15) is 4.79 Å². The van der Waals surface area contributed by atoms with E-state index in [4.69, 9.17) is 10.00 Å². The van der Waals surface area contributed by atoms with E-state index in [0.29, 0.717) is 12.1 Å². The molecule has 6 nitrogen and oxygen atoms in total. The number of aromatic nitrogens is 2. The molecule has 1 aromatic heterocycles. The number of hydrogen-bond acceptors (Lipinski definition) is 4. The highest BCUT2D eigenvalue weighted by Gasteiger charge is 2.18. The molecule has 0 aliphatic heterocycles. The van der Waals surface area contributed by atoms with Gasteiger partial charge in [-0.15, -0.1) is 0 Å². The first kappa shape index (κ1) is 18.0. The highest BCUT2D eigenvalue weighted by molar-refractivity contribution is 5.91. The molecule has 1 N–H and O–H groups in total. The number of anilines is 1. The monoisotopic (exact) mass is 352 g/mol. The lowest BCUT2D eigenvalue weighted by Gasteiger charge is -2.12. The number of nitrogens with one attached hydrogen (secondary N) is 1. The molecule has 3 rings (SSSR count). The largest absolute Gasteiger partial charge is 0.483 e. The third-order valence-corrected chi connectivity index (χ3v) is 4.68. The number of benzene rings is 1. The fourth-order valence-electron chi connectivity index (χ4n) is 3.36. The van der Waals surface area contributed by atoms with Crippen LogP contribution in [0, 0.1) is 18.3 Å². The van der Waals surface area contributed by atoms with Crippen LogP contribution in [0.5, 0.6) is 5.75 Å². The second kappa shape index (κ2) is 8.52. The molecule has 1 aromatic carbocycles. The molecule has 6 heteroatoms. The van der Waals surface area contributed by atoms with Crippen LogP contribution < -0.4 is 10.1 Å². The first-order valence-electron chi connectivity index (χ1n) is 9.11. The van der Waals surface area contributed by atoms with E-state index in [0.717, 1.165) is 44.4 Å². The first-order valence-corrected chi connectivity index (χ1v) is 9.11. The second-order valence-electron chi connectivity index (χ2n) is 6.64. The lowest BCUT2D eigenvalue weighted by Crippen LogP contribution is -2.20. The number of unbranched alkanes of at least 4 members (excludes halogenated alkanes) is 2. The van der Waals surface area contributed by atoms with Crippen LogP contribution in [0.1, 0.15) is 42.4 Å². The van der Waals surface area contributed by atoms with Crippen molar-refractivity contribution >= 4 is 11.6 Å².